The average Bonchev–Trinajstić information content (AvgIpc) is 2.87. The van der Waals surface area contributed by atoms with E-state index in [-0.39, 0.29) is 27.9 Å². The summed E-state index contributed by atoms with van der Waals surface area (Å²) in [6.45, 7) is 3.42. The normalized spacial score (nSPS) is 18.7. The number of nitrogens with zero attached hydrogens (tertiary/aromatic N) is 2. The summed E-state index contributed by atoms with van der Waals surface area (Å²) in [6.07, 6.45) is 5.82. The molecule has 1 saturated heterocycles. The number of carbonyl (C=O) groups is 2. The first-order chi connectivity index (χ1) is 17.3. The maximum atomic E-state index is 13.3. The number of sulfonamides is 1. The van der Waals surface area contributed by atoms with Gasteiger partial charge in [-0.2, -0.15) is 0 Å². The van der Waals surface area contributed by atoms with Crippen LogP contribution in [0.4, 0.5) is 0 Å². The van der Waals surface area contributed by atoms with Gasteiger partial charge in [0.25, 0.3) is 10.0 Å². The summed E-state index contributed by atoms with van der Waals surface area (Å²) in [7, 11) is -4.24. The van der Waals surface area contributed by atoms with E-state index in [1.54, 1.807) is 0 Å². The van der Waals surface area contributed by atoms with Crippen LogP contribution >= 0.6 is 23.2 Å². The molecule has 2 aromatic rings. The van der Waals surface area contributed by atoms with E-state index in [1.165, 1.54) is 55.4 Å². The van der Waals surface area contributed by atoms with E-state index in [1.807, 2.05) is 12.1 Å². The number of piperidine rings is 1. The molecule has 2 aliphatic heterocycles. The van der Waals surface area contributed by atoms with Crippen molar-refractivity contribution >= 4 is 45.0 Å². The van der Waals surface area contributed by atoms with E-state index < -0.39 is 27.9 Å². The number of amides is 2. The van der Waals surface area contributed by atoms with Gasteiger partial charge in [0, 0.05) is 25.5 Å². The molecule has 4 rings (SSSR count). The van der Waals surface area contributed by atoms with Gasteiger partial charge in [-0.1, -0.05) is 60.0 Å². The molecule has 2 heterocycles. The highest BCUT2D eigenvalue weighted by Crippen LogP contribution is 2.32. The van der Waals surface area contributed by atoms with Crippen LogP contribution in [0, 0.1) is 0 Å². The molecule has 2 N–H and O–H groups in total. The quantitative estimate of drug-likeness (QED) is 0.522. The molecule has 11 heteroatoms. The van der Waals surface area contributed by atoms with Crippen molar-refractivity contribution in [2.75, 3.05) is 13.1 Å². The molecule has 2 aromatic carbocycles. The summed E-state index contributed by atoms with van der Waals surface area (Å²) < 4.78 is 27.4. The Balaban J connectivity index is 1.38. The number of hydrogen-bond acceptors (Lipinski definition) is 5. The van der Waals surface area contributed by atoms with Crippen LogP contribution in [0.25, 0.3) is 0 Å². The first kappa shape index (κ1) is 26.5. The molecule has 0 aliphatic carbocycles. The van der Waals surface area contributed by atoms with Crippen molar-refractivity contribution in [3.05, 3.63) is 76.0 Å². The third-order valence-electron chi connectivity index (χ3n) is 6.27. The predicted molar refractivity (Wildman–Crippen MR) is 139 cm³/mol. The van der Waals surface area contributed by atoms with Crippen LogP contribution in [0.1, 0.15) is 36.8 Å². The maximum Gasteiger partial charge on any atom is 0.266 e. The second-order valence-corrected chi connectivity index (χ2v) is 11.5. The lowest BCUT2D eigenvalue weighted by atomic mass is 10.1. The molecule has 36 heavy (non-hydrogen) atoms. The van der Waals surface area contributed by atoms with Crippen molar-refractivity contribution in [3.8, 4) is 0 Å². The highest BCUT2D eigenvalue weighted by Gasteiger charge is 2.38. The summed E-state index contributed by atoms with van der Waals surface area (Å²) in [5, 5.41) is 5.16. The molecule has 0 bridgehead atoms. The Kier molecular flexibility index (Phi) is 8.56. The summed E-state index contributed by atoms with van der Waals surface area (Å²) in [6, 6.07) is 11.0. The van der Waals surface area contributed by atoms with Crippen LogP contribution in [0.3, 0.4) is 0 Å². The Morgan fingerprint density at radius 1 is 1.03 bits per heavy atom. The van der Waals surface area contributed by atoms with Crippen LogP contribution in [-0.4, -0.2) is 48.6 Å². The molecule has 0 unspecified atom stereocenters. The zero-order valence-corrected chi connectivity index (χ0v) is 22.0. The molecule has 2 aliphatic rings. The van der Waals surface area contributed by atoms with Crippen LogP contribution in [0.5, 0.6) is 0 Å². The molecular formula is C25H28Cl2N4O4S. The van der Waals surface area contributed by atoms with Crippen molar-refractivity contribution in [2.24, 2.45) is 0 Å². The average molecular weight is 551 g/mol. The topological polar surface area (TPSA) is 98.8 Å². The largest absolute Gasteiger partial charge is 0.352 e. The van der Waals surface area contributed by atoms with Crippen molar-refractivity contribution in [1.82, 2.24) is 19.8 Å². The van der Waals surface area contributed by atoms with Crippen molar-refractivity contribution in [2.45, 2.75) is 49.7 Å². The fourth-order valence-corrected chi connectivity index (χ4v) is 6.51. The number of carbonyl (C=O) groups excluding carboxylic acids is 2. The number of nitrogens with one attached hydrogen (secondary N) is 2. The number of hydrogen-bond donors (Lipinski definition) is 2. The number of likely N-dealkylation sites (tertiary alicyclic amines) is 1. The molecular weight excluding hydrogens is 523 g/mol. The fourth-order valence-electron chi connectivity index (χ4n) is 4.32. The van der Waals surface area contributed by atoms with E-state index in [2.05, 4.69) is 27.7 Å². The van der Waals surface area contributed by atoms with Crippen LogP contribution in [-0.2, 0) is 32.7 Å². The number of benzene rings is 2. The van der Waals surface area contributed by atoms with Crippen LogP contribution < -0.4 is 10.6 Å². The van der Waals surface area contributed by atoms with Gasteiger partial charge in [0.15, 0.2) is 0 Å². The van der Waals surface area contributed by atoms with Crippen LogP contribution in [0.2, 0.25) is 10.0 Å². The van der Waals surface area contributed by atoms with Crippen molar-refractivity contribution in [1.29, 1.82) is 0 Å². The third kappa shape index (κ3) is 6.21. The minimum Gasteiger partial charge on any atom is -0.352 e. The second-order valence-electron chi connectivity index (χ2n) is 8.86. The van der Waals surface area contributed by atoms with Gasteiger partial charge in [0.1, 0.15) is 10.9 Å². The van der Waals surface area contributed by atoms with Gasteiger partial charge < -0.3 is 10.6 Å². The van der Waals surface area contributed by atoms with Gasteiger partial charge in [-0.3, -0.25) is 18.8 Å². The molecule has 0 radical (unpaired) electrons. The third-order valence-corrected chi connectivity index (χ3v) is 9.03. The molecule has 0 saturated carbocycles. The molecule has 8 nitrogen and oxygen atoms in total. The number of halogens is 2. The molecule has 192 valence electrons. The lowest BCUT2D eigenvalue weighted by Crippen LogP contribution is -2.51. The SMILES string of the molecule is O=C(C[C@@H]1C(=O)NC=CN1S(=O)(=O)c1cccc(Cl)c1Cl)NCc1ccc(CN2CCCCC2)cc1. The van der Waals surface area contributed by atoms with E-state index in [9.17, 15) is 18.0 Å². The second kappa shape index (κ2) is 11.6. The minimum atomic E-state index is -4.24. The standard InChI is InChI=1S/C25H28Cl2N4O4S/c26-20-5-4-6-22(24(20)27)36(34,35)31-14-11-28-25(33)21(31)15-23(32)29-16-18-7-9-19(10-8-18)17-30-12-2-1-3-13-30/h4-11,14,21H,1-3,12-13,15-17H2,(H,28,33)(H,29,32)/t21-/m1/s1. The van der Waals surface area contributed by atoms with Gasteiger partial charge in [-0.15, -0.1) is 0 Å². The Morgan fingerprint density at radius 3 is 2.44 bits per heavy atom. The van der Waals surface area contributed by atoms with Crippen molar-refractivity contribution in [3.63, 3.8) is 0 Å². The summed E-state index contributed by atoms with van der Waals surface area (Å²) in [4.78, 5) is 27.4. The predicted octanol–water partition coefficient (Wildman–Crippen LogP) is 3.65. The smallest absolute Gasteiger partial charge is 0.266 e. The Hall–Kier alpha value is -2.59. The van der Waals surface area contributed by atoms with Gasteiger partial charge in [0.05, 0.1) is 16.5 Å². The van der Waals surface area contributed by atoms with Gasteiger partial charge in [-0.25, -0.2) is 8.42 Å². The van der Waals surface area contributed by atoms with E-state index in [4.69, 9.17) is 23.2 Å². The highest BCUT2D eigenvalue weighted by atomic mass is 35.5. The summed E-state index contributed by atoms with van der Waals surface area (Å²) in [5.74, 6) is -1.07. The minimum absolute atomic E-state index is 0.0689. The summed E-state index contributed by atoms with van der Waals surface area (Å²) in [5.41, 5.74) is 2.13. The molecule has 2 amide bonds. The van der Waals surface area contributed by atoms with E-state index in [0.29, 0.717) is 0 Å². The fraction of sp³-hybridized carbons (Fsp3) is 0.360. The van der Waals surface area contributed by atoms with Crippen molar-refractivity contribution < 1.29 is 18.0 Å². The summed E-state index contributed by atoms with van der Waals surface area (Å²) >= 11 is 12.1. The monoisotopic (exact) mass is 550 g/mol. The Labute approximate surface area is 221 Å². The lowest BCUT2D eigenvalue weighted by Gasteiger charge is -2.31. The molecule has 0 spiro atoms. The lowest BCUT2D eigenvalue weighted by molar-refractivity contribution is -0.129. The van der Waals surface area contributed by atoms with E-state index >= 15 is 0 Å². The maximum absolute atomic E-state index is 13.3. The van der Waals surface area contributed by atoms with Crippen LogP contribution in [0.15, 0.2) is 59.8 Å². The van der Waals surface area contributed by atoms with Gasteiger partial charge >= 0.3 is 0 Å². The van der Waals surface area contributed by atoms with E-state index in [0.717, 1.165) is 29.5 Å². The number of rotatable bonds is 8. The zero-order chi connectivity index (χ0) is 25.7. The molecule has 1 fully saturated rings. The van der Waals surface area contributed by atoms with Gasteiger partial charge in [0.2, 0.25) is 11.8 Å². The first-order valence-corrected chi connectivity index (χ1v) is 14.0. The molecule has 1 atom stereocenters. The Morgan fingerprint density at radius 2 is 1.72 bits per heavy atom. The van der Waals surface area contributed by atoms with Gasteiger partial charge in [-0.05, 0) is 49.2 Å². The first-order valence-electron chi connectivity index (χ1n) is 11.8. The zero-order valence-electron chi connectivity index (χ0n) is 19.6. The highest BCUT2D eigenvalue weighted by molar-refractivity contribution is 7.89. The molecule has 0 aromatic heterocycles. The Bertz CT molecular complexity index is 1250.